The van der Waals surface area contributed by atoms with Crippen molar-refractivity contribution in [2.75, 3.05) is 0 Å². The molecule has 0 heterocycles. The Balaban J connectivity index is 1.22. The zero-order chi connectivity index (χ0) is 20.0. The molecule has 4 fully saturated rings. The Hall–Kier alpha value is -1.12. The van der Waals surface area contributed by atoms with Gasteiger partial charge >= 0.3 is 5.97 Å². The molecule has 3 nitrogen and oxygen atoms in total. The van der Waals surface area contributed by atoms with E-state index in [2.05, 4.69) is 6.92 Å². The fraction of sp³-hybridized carbons (Fsp3) is 0.846. The van der Waals surface area contributed by atoms with Crippen molar-refractivity contribution in [3.05, 3.63) is 11.6 Å². The number of carbonyl (C=O) groups excluding carboxylic acids is 2. The number of carbonyl (C=O) groups is 2. The summed E-state index contributed by atoms with van der Waals surface area (Å²) in [6.07, 6.45) is 18.0. The molecule has 0 aromatic rings. The molecule has 29 heavy (non-hydrogen) atoms. The molecular weight excluding hydrogens is 360 g/mol. The van der Waals surface area contributed by atoms with Gasteiger partial charge in [0.1, 0.15) is 6.10 Å². The fourth-order valence-corrected chi connectivity index (χ4v) is 8.16. The first-order valence-corrected chi connectivity index (χ1v) is 12.5. The SMILES string of the molecule is C[C@]12CC[C@H]3[C@@H](CCC4=CC(=O)CC[C@H]43)[C@@H]1CC[C@H]2OC(=O)CCC1CCCC1. The Kier molecular flexibility index (Phi) is 5.37. The molecule has 0 bridgehead atoms. The van der Waals surface area contributed by atoms with Crippen LogP contribution in [0.2, 0.25) is 0 Å². The molecule has 4 saturated carbocycles. The fourth-order valence-electron chi connectivity index (χ4n) is 8.16. The average molecular weight is 399 g/mol. The van der Waals surface area contributed by atoms with E-state index in [0.29, 0.717) is 24.0 Å². The van der Waals surface area contributed by atoms with Crippen LogP contribution in [-0.2, 0) is 14.3 Å². The number of ketones is 1. The highest BCUT2D eigenvalue weighted by atomic mass is 16.5. The molecule has 5 aliphatic rings. The van der Waals surface area contributed by atoms with Gasteiger partial charge in [0.15, 0.2) is 5.78 Å². The van der Waals surface area contributed by atoms with E-state index in [1.165, 1.54) is 56.9 Å². The summed E-state index contributed by atoms with van der Waals surface area (Å²) < 4.78 is 6.15. The zero-order valence-corrected chi connectivity index (χ0v) is 18.2. The number of fused-ring (bicyclic) bond motifs is 5. The summed E-state index contributed by atoms with van der Waals surface area (Å²) in [5, 5.41) is 0. The van der Waals surface area contributed by atoms with Crippen molar-refractivity contribution in [2.45, 2.75) is 103 Å². The summed E-state index contributed by atoms with van der Waals surface area (Å²) in [6, 6.07) is 0. The van der Waals surface area contributed by atoms with Crippen LogP contribution in [-0.4, -0.2) is 17.9 Å². The van der Waals surface area contributed by atoms with Crippen LogP contribution in [0.5, 0.6) is 0 Å². The summed E-state index contributed by atoms with van der Waals surface area (Å²) >= 11 is 0. The van der Waals surface area contributed by atoms with Gasteiger partial charge in [-0.3, -0.25) is 9.59 Å². The highest BCUT2D eigenvalue weighted by Crippen LogP contribution is 2.62. The normalized spacial score (nSPS) is 42.0. The Morgan fingerprint density at radius 1 is 1.03 bits per heavy atom. The molecular formula is C26H38O3. The summed E-state index contributed by atoms with van der Waals surface area (Å²) in [6.45, 7) is 2.42. The van der Waals surface area contributed by atoms with Crippen LogP contribution >= 0.6 is 0 Å². The summed E-state index contributed by atoms with van der Waals surface area (Å²) in [7, 11) is 0. The second-order valence-electron chi connectivity index (χ2n) is 11.1. The molecule has 3 heteroatoms. The van der Waals surface area contributed by atoms with Gasteiger partial charge in [-0.25, -0.2) is 0 Å². The van der Waals surface area contributed by atoms with Crippen molar-refractivity contribution < 1.29 is 14.3 Å². The number of allylic oxidation sites excluding steroid dienone is 1. The highest BCUT2D eigenvalue weighted by Gasteiger charge is 2.57. The van der Waals surface area contributed by atoms with Crippen molar-refractivity contribution in [1.29, 1.82) is 0 Å². The summed E-state index contributed by atoms with van der Waals surface area (Å²) in [4.78, 5) is 24.5. The zero-order valence-electron chi connectivity index (χ0n) is 18.2. The van der Waals surface area contributed by atoms with Crippen LogP contribution in [0.15, 0.2) is 11.6 Å². The second kappa shape index (κ2) is 7.85. The molecule has 0 saturated heterocycles. The Labute approximate surface area is 176 Å². The van der Waals surface area contributed by atoms with Crippen molar-refractivity contribution in [3.63, 3.8) is 0 Å². The highest BCUT2D eigenvalue weighted by molar-refractivity contribution is 5.91. The predicted molar refractivity (Wildman–Crippen MR) is 113 cm³/mol. The third kappa shape index (κ3) is 3.61. The van der Waals surface area contributed by atoms with Crippen LogP contribution in [0.1, 0.15) is 96.8 Å². The number of hydrogen-bond acceptors (Lipinski definition) is 3. The van der Waals surface area contributed by atoms with Crippen molar-refractivity contribution in [1.82, 2.24) is 0 Å². The maximum atomic E-state index is 12.6. The van der Waals surface area contributed by atoms with Crippen LogP contribution < -0.4 is 0 Å². The first-order valence-electron chi connectivity index (χ1n) is 12.5. The van der Waals surface area contributed by atoms with Gasteiger partial charge in [0.2, 0.25) is 0 Å². The Bertz CT molecular complexity index is 688. The Morgan fingerprint density at radius 3 is 2.69 bits per heavy atom. The van der Waals surface area contributed by atoms with E-state index in [0.717, 1.165) is 49.9 Å². The lowest BCUT2D eigenvalue weighted by Crippen LogP contribution is -2.48. The van der Waals surface area contributed by atoms with Crippen molar-refractivity contribution in [2.24, 2.45) is 35.0 Å². The van der Waals surface area contributed by atoms with Crippen LogP contribution in [0.3, 0.4) is 0 Å². The third-order valence-corrected chi connectivity index (χ3v) is 9.72. The monoisotopic (exact) mass is 398 g/mol. The molecule has 0 N–H and O–H groups in total. The maximum Gasteiger partial charge on any atom is 0.306 e. The molecule has 0 aromatic carbocycles. The smallest absolute Gasteiger partial charge is 0.306 e. The number of esters is 1. The molecule has 6 atom stereocenters. The minimum atomic E-state index is 0.0607. The van der Waals surface area contributed by atoms with Gasteiger partial charge in [0.05, 0.1) is 0 Å². The number of ether oxygens (including phenoxy) is 1. The summed E-state index contributed by atoms with van der Waals surface area (Å²) in [5.41, 5.74) is 1.63. The lowest BCUT2D eigenvalue weighted by atomic mass is 9.52. The number of rotatable bonds is 4. The van der Waals surface area contributed by atoms with Crippen LogP contribution in [0.4, 0.5) is 0 Å². The van der Waals surface area contributed by atoms with Crippen LogP contribution in [0, 0.1) is 35.0 Å². The Morgan fingerprint density at radius 2 is 1.86 bits per heavy atom. The minimum absolute atomic E-state index is 0.0607. The van der Waals surface area contributed by atoms with E-state index in [1.54, 1.807) is 0 Å². The van der Waals surface area contributed by atoms with Gasteiger partial charge in [-0.1, -0.05) is 38.2 Å². The van der Waals surface area contributed by atoms with E-state index in [9.17, 15) is 9.59 Å². The van der Waals surface area contributed by atoms with Gasteiger partial charge in [0, 0.05) is 18.3 Å². The largest absolute Gasteiger partial charge is 0.462 e. The lowest BCUT2D eigenvalue weighted by Gasteiger charge is -2.53. The van der Waals surface area contributed by atoms with Crippen molar-refractivity contribution in [3.8, 4) is 0 Å². The molecule has 5 aliphatic carbocycles. The van der Waals surface area contributed by atoms with Crippen LogP contribution in [0.25, 0.3) is 0 Å². The number of hydrogen-bond donors (Lipinski definition) is 0. The molecule has 5 rings (SSSR count). The molecule has 0 unspecified atom stereocenters. The molecule has 0 radical (unpaired) electrons. The van der Waals surface area contributed by atoms with E-state index in [4.69, 9.17) is 4.74 Å². The van der Waals surface area contributed by atoms with E-state index in [-0.39, 0.29) is 17.5 Å². The lowest BCUT2D eigenvalue weighted by molar-refractivity contribution is -0.159. The molecule has 0 amide bonds. The van der Waals surface area contributed by atoms with Gasteiger partial charge < -0.3 is 4.74 Å². The quantitative estimate of drug-likeness (QED) is 0.545. The van der Waals surface area contributed by atoms with E-state index in [1.807, 2.05) is 6.08 Å². The first-order chi connectivity index (χ1) is 14.0. The first kappa shape index (κ1) is 19.8. The average Bonchev–Trinajstić information content (AvgIpc) is 3.34. The van der Waals surface area contributed by atoms with E-state index < -0.39 is 0 Å². The minimum Gasteiger partial charge on any atom is -0.462 e. The van der Waals surface area contributed by atoms with Gasteiger partial charge in [-0.05, 0) is 87.0 Å². The predicted octanol–water partition coefficient (Wildman–Crippen LogP) is 6.01. The van der Waals surface area contributed by atoms with Gasteiger partial charge in [0.25, 0.3) is 0 Å². The second-order valence-corrected chi connectivity index (χ2v) is 11.1. The van der Waals surface area contributed by atoms with Crippen molar-refractivity contribution >= 4 is 11.8 Å². The van der Waals surface area contributed by atoms with Gasteiger partial charge in [-0.15, -0.1) is 0 Å². The maximum absolute atomic E-state index is 12.6. The topological polar surface area (TPSA) is 43.4 Å². The van der Waals surface area contributed by atoms with Gasteiger partial charge in [-0.2, -0.15) is 0 Å². The molecule has 0 spiro atoms. The molecule has 160 valence electrons. The standard InChI is InChI=1S/C26H38O3/c1-26-15-14-21-20-10-8-19(27)16-18(20)7-9-22(21)23(26)11-12-24(26)29-25(28)13-6-17-4-2-3-5-17/h16-17,20-24H,2-15H2,1H3/t20-,21-,22-,23+,24-,26+/m1/s1. The molecule has 0 aromatic heterocycles. The summed E-state index contributed by atoms with van der Waals surface area (Å²) in [5.74, 6) is 4.06. The van der Waals surface area contributed by atoms with E-state index >= 15 is 0 Å². The third-order valence-electron chi connectivity index (χ3n) is 9.72. The molecule has 0 aliphatic heterocycles.